The summed E-state index contributed by atoms with van der Waals surface area (Å²) in [5.41, 5.74) is 0. The van der Waals surface area contributed by atoms with Gasteiger partial charge in [-0.25, -0.2) is 0 Å². The van der Waals surface area contributed by atoms with Crippen molar-refractivity contribution < 1.29 is 14.7 Å². The van der Waals surface area contributed by atoms with Crippen molar-refractivity contribution in [3.63, 3.8) is 0 Å². The van der Waals surface area contributed by atoms with Gasteiger partial charge in [-0.3, -0.25) is 9.59 Å². The molecule has 0 aromatic rings. The molecule has 1 aliphatic carbocycles. The van der Waals surface area contributed by atoms with Crippen LogP contribution in [-0.4, -0.2) is 34.5 Å². The Morgan fingerprint density at radius 3 is 2.33 bits per heavy atom. The molecule has 1 saturated carbocycles. The van der Waals surface area contributed by atoms with E-state index in [1.165, 1.54) is 6.42 Å². The van der Waals surface area contributed by atoms with Crippen molar-refractivity contribution in [1.29, 1.82) is 0 Å². The van der Waals surface area contributed by atoms with Gasteiger partial charge >= 0.3 is 5.97 Å². The third kappa shape index (κ3) is 3.53. The molecule has 1 N–H and O–H groups in total. The molecule has 0 aliphatic heterocycles. The highest BCUT2D eigenvalue weighted by atomic mass is 16.4. The summed E-state index contributed by atoms with van der Waals surface area (Å²) in [7, 11) is 0. The van der Waals surface area contributed by atoms with Gasteiger partial charge in [-0.05, 0) is 19.8 Å². The molecular formula is C11H19NO3. The van der Waals surface area contributed by atoms with E-state index in [-0.39, 0.29) is 18.4 Å². The number of carboxylic acids is 1. The van der Waals surface area contributed by atoms with E-state index < -0.39 is 5.97 Å². The minimum absolute atomic E-state index is 0.239. The second kappa shape index (κ2) is 5.73. The van der Waals surface area contributed by atoms with Gasteiger partial charge in [0.25, 0.3) is 0 Å². The van der Waals surface area contributed by atoms with Crippen LogP contribution in [0.25, 0.3) is 0 Å². The van der Waals surface area contributed by atoms with Crippen LogP contribution < -0.4 is 0 Å². The lowest BCUT2D eigenvalue weighted by molar-refractivity contribution is -0.145. The number of amides is 1. The van der Waals surface area contributed by atoms with E-state index in [0.717, 1.165) is 25.7 Å². The highest BCUT2D eigenvalue weighted by Gasteiger charge is 2.24. The first-order valence-electron chi connectivity index (χ1n) is 5.66. The summed E-state index contributed by atoms with van der Waals surface area (Å²) < 4.78 is 0. The third-order valence-corrected chi connectivity index (χ3v) is 2.98. The van der Waals surface area contributed by atoms with E-state index in [4.69, 9.17) is 5.11 Å². The van der Waals surface area contributed by atoms with Crippen molar-refractivity contribution >= 4 is 11.9 Å². The Morgan fingerprint density at radius 2 is 1.87 bits per heavy atom. The number of hydrogen-bond acceptors (Lipinski definition) is 2. The summed E-state index contributed by atoms with van der Waals surface area (Å²) in [5.74, 6) is -1.27. The molecule has 4 heteroatoms. The van der Waals surface area contributed by atoms with Crippen LogP contribution in [0, 0.1) is 0 Å². The standard InChI is InChI=1S/C11H19NO3/c1-2-12(10(13)8-11(14)15)9-6-4-3-5-7-9/h9H,2-8H2,1H3,(H,14,15). The Kier molecular flexibility index (Phi) is 4.59. The number of nitrogens with zero attached hydrogens (tertiary/aromatic N) is 1. The lowest BCUT2D eigenvalue weighted by Crippen LogP contribution is -2.42. The third-order valence-electron chi connectivity index (χ3n) is 2.98. The van der Waals surface area contributed by atoms with Crippen molar-refractivity contribution in [3.05, 3.63) is 0 Å². The second-order valence-corrected chi connectivity index (χ2v) is 4.04. The van der Waals surface area contributed by atoms with E-state index in [1.807, 2.05) is 6.92 Å². The quantitative estimate of drug-likeness (QED) is 0.722. The van der Waals surface area contributed by atoms with Crippen molar-refractivity contribution in [1.82, 2.24) is 4.90 Å². The molecule has 1 rings (SSSR count). The molecule has 1 amide bonds. The number of rotatable bonds is 4. The molecule has 1 aliphatic rings. The van der Waals surface area contributed by atoms with Crippen LogP contribution in [0.4, 0.5) is 0 Å². The highest BCUT2D eigenvalue weighted by molar-refractivity contribution is 5.93. The topological polar surface area (TPSA) is 57.6 Å². The van der Waals surface area contributed by atoms with E-state index in [1.54, 1.807) is 4.90 Å². The van der Waals surface area contributed by atoms with Gasteiger partial charge in [-0.2, -0.15) is 0 Å². The molecule has 0 unspecified atom stereocenters. The van der Waals surface area contributed by atoms with E-state index >= 15 is 0 Å². The van der Waals surface area contributed by atoms with Crippen molar-refractivity contribution in [2.24, 2.45) is 0 Å². The fourth-order valence-corrected chi connectivity index (χ4v) is 2.26. The molecule has 0 atom stereocenters. The predicted molar refractivity (Wildman–Crippen MR) is 56.5 cm³/mol. The largest absolute Gasteiger partial charge is 0.481 e. The van der Waals surface area contributed by atoms with Gasteiger partial charge in [-0.15, -0.1) is 0 Å². The van der Waals surface area contributed by atoms with Crippen LogP contribution in [0.3, 0.4) is 0 Å². The first-order chi connectivity index (χ1) is 7.15. The van der Waals surface area contributed by atoms with Crippen LogP contribution in [0.5, 0.6) is 0 Å². The van der Waals surface area contributed by atoms with E-state index in [2.05, 4.69) is 0 Å². The Hall–Kier alpha value is -1.06. The lowest BCUT2D eigenvalue weighted by Gasteiger charge is -2.33. The normalized spacial score (nSPS) is 17.4. The molecule has 0 aromatic heterocycles. The lowest BCUT2D eigenvalue weighted by atomic mass is 9.94. The van der Waals surface area contributed by atoms with Crippen molar-refractivity contribution in [2.45, 2.75) is 51.5 Å². The van der Waals surface area contributed by atoms with Gasteiger partial charge in [0.1, 0.15) is 6.42 Å². The Labute approximate surface area is 90.3 Å². The zero-order valence-corrected chi connectivity index (χ0v) is 9.24. The van der Waals surface area contributed by atoms with Gasteiger partial charge in [0.05, 0.1) is 0 Å². The van der Waals surface area contributed by atoms with Gasteiger partial charge in [-0.1, -0.05) is 19.3 Å². The van der Waals surface area contributed by atoms with Crippen LogP contribution in [0.15, 0.2) is 0 Å². The Morgan fingerprint density at radius 1 is 1.27 bits per heavy atom. The minimum atomic E-state index is -1.03. The Bertz CT molecular complexity index is 234. The molecule has 4 nitrogen and oxygen atoms in total. The molecular weight excluding hydrogens is 194 g/mol. The summed E-state index contributed by atoms with van der Waals surface area (Å²) in [6.45, 7) is 2.53. The molecule has 1 fully saturated rings. The molecule has 0 radical (unpaired) electrons. The fourth-order valence-electron chi connectivity index (χ4n) is 2.26. The summed E-state index contributed by atoms with van der Waals surface area (Å²) in [6, 6.07) is 0.274. The van der Waals surface area contributed by atoms with Crippen molar-refractivity contribution in [3.8, 4) is 0 Å². The number of aliphatic carboxylic acids is 1. The maximum atomic E-state index is 11.6. The monoisotopic (exact) mass is 213 g/mol. The highest BCUT2D eigenvalue weighted by Crippen LogP contribution is 2.22. The van der Waals surface area contributed by atoms with E-state index in [0.29, 0.717) is 6.54 Å². The zero-order chi connectivity index (χ0) is 11.3. The first-order valence-corrected chi connectivity index (χ1v) is 5.66. The van der Waals surface area contributed by atoms with Gasteiger partial charge < -0.3 is 10.0 Å². The molecule has 0 heterocycles. The summed E-state index contributed by atoms with van der Waals surface area (Å²) in [5, 5.41) is 8.58. The summed E-state index contributed by atoms with van der Waals surface area (Å²) in [6.07, 6.45) is 5.23. The summed E-state index contributed by atoms with van der Waals surface area (Å²) >= 11 is 0. The number of hydrogen-bond donors (Lipinski definition) is 1. The average Bonchev–Trinajstić information content (AvgIpc) is 2.19. The summed E-state index contributed by atoms with van der Waals surface area (Å²) in [4.78, 5) is 23.8. The smallest absolute Gasteiger partial charge is 0.312 e. The van der Waals surface area contributed by atoms with Crippen LogP contribution >= 0.6 is 0 Å². The Balaban J connectivity index is 2.52. The van der Waals surface area contributed by atoms with Crippen LogP contribution in [-0.2, 0) is 9.59 Å². The minimum Gasteiger partial charge on any atom is -0.481 e. The van der Waals surface area contributed by atoms with Gasteiger partial charge in [0.2, 0.25) is 5.91 Å². The number of carboxylic acid groups (broad SMARTS) is 1. The molecule has 0 spiro atoms. The van der Waals surface area contributed by atoms with Crippen LogP contribution in [0.2, 0.25) is 0 Å². The fraction of sp³-hybridized carbons (Fsp3) is 0.818. The van der Waals surface area contributed by atoms with E-state index in [9.17, 15) is 9.59 Å². The maximum Gasteiger partial charge on any atom is 0.312 e. The second-order valence-electron chi connectivity index (χ2n) is 4.04. The maximum absolute atomic E-state index is 11.6. The number of carbonyl (C=O) groups is 2. The molecule has 0 aromatic carbocycles. The van der Waals surface area contributed by atoms with Crippen molar-refractivity contribution in [2.75, 3.05) is 6.54 Å². The van der Waals surface area contributed by atoms with Gasteiger partial charge in [0.15, 0.2) is 0 Å². The SMILES string of the molecule is CCN(C(=O)CC(=O)O)C1CCCCC1. The first kappa shape index (κ1) is 12.0. The molecule has 0 bridgehead atoms. The molecule has 15 heavy (non-hydrogen) atoms. The average molecular weight is 213 g/mol. The number of carbonyl (C=O) groups excluding carboxylic acids is 1. The molecule has 0 saturated heterocycles. The molecule has 86 valence electrons. The predicted octanol–water partition coefficient (Wildman–Crippen LogP) is 1.64. The zero-order valence-electron chi connectivity index (χ0n) is 9.24. The van der Waals surface area contributed by atoms with Crippen LogP contribution in [0.1, 0.15) is 45.4 Å². The van der Waals surface area contributed by atoms with Gasteiger partial charge in [0, 0.05) is 12.6 Å².